The molecular weight excluding hydrogens is 243 g/mol. The van der Waals surface area contributed by atoms with Crippen molar-refractivity contribution in [2.75, 3.05) is 13.1 Å². The van der Waals surface area contributed by atoms with Crippen molar-refractivity contribution < 1.29 is 0 Å². The lowest BCUT2D eigenvalue weighted by Gasteiger charge is -1.96. The van der Waals surface area contributed by atoms with Gasteiger partial charge in [0.25, 0.3) is 0 Å². The van der Waals surface area contributed by atoms with Gasteiger partial charge in [0.2, 0.25) is 0 Å². The number of rotatable bonds is 3. The number of hydrogen-bond donors (Lipinski definition) is 0. The zero-order valence-electron chi connectivity index (χ0n) is 8.90. The van der Waals surface area contributed by atoms with Crippen LogP contribution in [0.4, 0.5) is 0 Å². The summed E-state index contributed by atoms with van der Waals surface area (Å²) in [5.74, 6) is 0. The lowest BCUT2D eigenvalue weighted by atomic mass is 10.2. The maximum Gasteiger partial charge on any atom is 0.0768 e. The van der Waals surface area contributed by atoms with Crippen LogP contribution in [-0.2, 0) is 0 Å². The maximum atomic E-state index is 6.00. The normalized spacial score (nSPS) is 14.9. The Labute approximate surface area is 107 Å². The molecular formula is C12H14Cl2N2. The Balaban J connectivity index is 0.00000128. The topological polar surface area (TPSA) is 24.7 Å². The fourth-order valence-corrected chi connectivity index (χ4v) is 1.74. The fraction of sp³-hybridized carbons (Fsp3) is 0.333. The summed E-state index contributed by atoms with van der Waals surface area (Å²) in [6.45, 7) is 1.68. The molecule has 0 bridgehead atoms. The van der Waals surface area contributed by atoms with Crippen LogP contribution in [0.2, 0.25) is 5.02 Å². The van der Waals surface area contributed by atoms with Gasteiger partial charge in [0, 0.05) is 29.1 Å². The first kappa shape index (κ1) is 13.2. The maximum absolute atomic E-state index is 6.00. The highest BCUT2D eigenvalue weighted by Crippen LogP contribution is 2.12. The van der Waals surface area contributed by atoms with Crippen molar-refractivity contribution in [2.45, 2.75) is 12.8 Å². The molecule has 1 aliphatic rings. The molecule has 2 rings (SSSR count). The van der Waals surface area contributed by atoms with Crippen molar-refractivity contribution in [3.63, 3.8) is 0 Å². The fourth-order valence-electron chi connectivity index (χ4n) is 1.56. The van der Waals surface area contributed by atoms with Crippen molar-refractivity contribution >= 4 is 35.9 Å². The van der Waals surface area contributed by atoms with E-state index < -0.39 is 0 Å². The van der Waals surface area contributed by atoms with Gasteiger partial charge in [0.05, 0.1) is 6.54 Å². The average molecular weight is 257 g/mol. The van der Waals surface area contributed by atoms with Crippen molar-refractivity contribution in [2.24, 2.45) is 9.98 Å². The van der Waals surface area contributed by atoms with E-state index in [4.69, 9.17) is 11.6 Å². The molecule has 0 spiro atoms. The molecule has 4 heteroatoms. The molecule has 2 nitrogen and oxygen atoms in total. The second kappa shape index (κ2) is 6.66. The van der Waals surface area contributed by atoms with Gasteiger partial charge in [-0.1, -0.05) is 29.8 Å². The van der Waals surface area contributed by atoms with Crippen molar-refractivity contribution in [1.82, 2.24) is 0 Å². The second-order valence-electron chi connectivity index (χ2n) is 3.54. The highest BCUT2D eigenvalue weighted by atomic mass is 35.5. The van der Waals surface area contributed by atoms with Gasteiger partial charge in [0.15, 0.2) is 0 Å². The Morgan fingerprint density at radius 3 is 2.88 bits per heavy atom. The van der Waals surface area contributed by atoms with Gasteiger partial charge in [0.1, 0.15) is 0 Å². The van der Waals surface area contributed by atoms with E-state index in [9.17, 15) is 0 Å². The molecule has 1 aromatic carbocycles. The lowest BCUT2D eigenvalue weighted by molar-refractivity contribution is 0.949. The summed E-state index contributed by atoms with van der Waals surface area (Å²) < 4.78 is 0. The Morgan fingerprint density at radius 2 is 2.19 bits per heavy atom. The molecule has 0 amide bonds. The molecule has 0 aliphatic carbocycles. The van der Waals surface area contributed by atoms with Crippen LogP contribution in [0.25, 0.3) is 0 Å². The standard InChI is InChI=1S/C12H13ClN2.ClH/c13-12-6-2-1-4-10(12)8-14-9-11-5-3-7-15-11;/h1-2,4,6,8H,3,5,7,9H2;1H. The van der Waals surface area contributed by atoms with Crippen LogP contribution in [0, 0.1) is 0 Å². The van der Waals surface area contributed by atoms with E-state index in [1.165, 1.54) is 12.1 Å². The van der Waals surface area contributed by atoms with Gasteiger partial charge >= 0.3 is 0 Å². The Morgan fingerprint density at radius 1 is 1.38 bits per heavy atom. The first-order chi connectivity index (χ1) is 7.36. The van der Waals surface area contributed by atoms with Crippen LogP contribution < -0.4 is 0 Å². The van der Waals surface area contributed by atoms with E-state index in [0.29, 0.717) is 6.54 Å². The van der Waals surface area contributed by atoms with Gasteiger partial charge < -0.3 is 0 Å². The quantitative estimate of drug-likeness (QED) is 0.741. The molecule has 0 saturated heterocycles. The molecule has 16 heavy (non-hydrogen) atoms. The number of halogens is 2. The third-order valence-electron chi connectivity index (χ3n) is 2.37. The average Bonchev–Trinajstić information content (AvgIpc) is 2.74. The van der Waals surface area contributed by atoms with E-state index >= 15 is 0 Å². The molecule has 0 N–H and O–H groups in total. The Kier molecular flexibility index (Phi) is 5.50. The Hall–Kier alpha value is -0.860. The van der Waals surface area contributed by atoms with E-state index in [1.807, 2.05) is 30.5 Å². The number of hydrogen-bond acceptors (Lipinski definition) is 2. The smallest absolute Gasteiger partial charge is 0.0768 e. The number of nitrogens with zero attached hydrogens (tertiary/aromatic N) is 2. The SMILES string of the molecule is Cl.Clc1ccccc1C=NCC1=NCCC1. The van der Waals surface area contributed by atoms with Crippen molar-refractivity contribution in [3.05, 3.63) is 34.9 Å². The summed E-state index contributed by atoms with van der Waals surface area (Å²) in [6.07, 6.45) is 4.10. The number of aliphatic imine (C=N–C) groups is 2. The summed E-state index contributed by atoms with van der Waals surface area (Å²) in [6, 6.07) is 7.71. The van der Waals surface area contributed by atoms with Crippen molar-refractivity contribution in [3.8, 4) is 0 Å². The summed E-state index contributed by atoms with van der Waals surface area (Å²) in [7, 11) is 0. The van der Waals surface area contributed by atoms with Gasteiger partial charge in [-0.25, -0.2) is 0 Å². The highest BCUT2D eigenvalue weighted by molar-refractivity contribution is 6.33. The summed E-state index contributed by atoms with van der Waals surface area (Å²) in [5, 5.41) is 0.745. The van der Waals surface area contributed by atoms with Crippen LogP contribution in [-0.4, -0.2) is 25.0 Å². The third kappa shape index (κ3) is 3.62. The van der Waals surface area contributed by atoms with Crippen LogP contribution in [0.3, 0.4) is 0 Å². The second-order valence-corrected chi connectivity index (χ2v) is 3.95. The monoisotopic (exact) mass is 256 g/mol. The molecule has 0 aromatic heterocycles. The molecule has 0 radical (unpaired) electrons. The van der Waals surface area contributed by atoms with E-state index in [0.717, 1.165) is 23.6 Å². The predicted octanol–water partition coefficient (Wildman–Crippen LogP) is 3.42. The van der Waals surface area contributed by atoms with E-state index in [-0.39, 0.29) is 12.4 Å². The van der Waals surface area contributed by atoms with Crippen LogP contribution in [0.5, 0.6) is 0 Å². The molecule has 1 heterocycles. The van der Waals surface area contributed by atoms with Gasteiger partial charge in [-0.2, -0.15) is 0 Å². The molecule has 0 unspecified atom stereocenters. The van der Waals surface area contributed by atoms with Crippen molar-refractivity contribution in [1.29, 1.82) is 0 Å². The molecule has 0 saturated carbocycles. The van der Waals surface area contributed by atoms with E-state index in [1.54, 1.807) is 0 Å². The molecule has 0 fully saturated rings. The minimum absolute atomic E-state index is 0. The van der Waals surface area contributed by atoms with Gasteiger partial charge in [-0.05, 0) is 18.9 Å². The summed E-state index contributed by atoms with van der Waals surface area (Å²) in [4.78, 5) is 8.70. The minimum atomic E-state index is 0. The van der Waals surface area contributed by atoms with E-state index in [2.05, 4.69) is 9.98 Å². The number of benzene rings is 1. The third-order valence-corrected chi connectivity index (χ3v) is 2.71. The van der Waals surface area contributed by atoms with Gasteiger partial charge in [-0.3, -0.25) is 9.98 Å². The largest absolute Gasteiger partial charge is 0.292 e. The molecule has 0 atom stereocenters. The van der Waals surface area contributed by atoms with Gasteiger partial charge in [-0.15, -0.1) is 12.4 Å². The zero-order valence-corrected chi connectivity index (χ0v) is 10.5. The van der Waals surface area contributed by atoms with Crippen LogP contribution in [0.1, 0.15) is 18.4 Å². The predicted molar refractivity (Wildman–Crippen MR) is 72.7 cm³/mol. The highest BCUT2D eigenvalue weighted by Gasteiger charge is 2.03. The summed E-state index contributed by atoms with van der Waals surface area (Å²) >= 11 is 6.00. The summed E-state index contributed by atoms with van der Waals surface area (Å²) in [5.41, 5.74) is 2.18. The minimum Gasteiger partial charge on any atom is -0.292 e. The zero-order chi connectivity index (χ0) is 10.5. The van der Waals surface area contributed by atoms with Crippen LogP contribution >= 0.6 is 24.0 Å². The molecule has 86 valence electrons. The lowest BCUT2D eigenvalue weighted by Crippen LogP contribution is -1.98. The first-order valence-electron chi connectivity index (χ1n) is 5.13. The van der Waals surface area contributed by atoms with Crippen LogP contribution in [0.15, 0.2) is 34.3 Å². The molecule has 1 aromatic rings. The molecule has 1 aliphatic heterocycles. The first-order valence-corrected chi connectivity index (χ1v) is 5.50. The Bertz CT molecular complexity index is 400.